The Bertz CT molecular complexity index is 1050. The Hall–Kier alpha value is -3.48. The summed E-state index contributed by atoms with van der Waals surface area (Å²) in [5, 5.41) is 0.950. The third-order valence-electron chi connectivity index (χ3n) is 5.26. The second kappa shape index (κ2) is 8.49. The highest BCUT2D eigenvalue weighted by Crippen LogP contribution is 2.24. The summed E-state index contributed by atoms with van der Waals surface area (Å²) < 4.78 is 0. The van der Waals surface area contributed by atoms with Gasteiger partial charge in [-0.05, 0) is 18.2 Å². The number of piperazine rings is 1. The van der Waals surface area contributed by atoms with Crippen LogP contribution in [0.2, 0.25) is 0 Å². The van der Waals surface area contributed by atoms with E-state index in [1.54, 1.807) is 26.1 Å². The van der Waals surface area contributed by atoms with Crippen LogP contribution >= 0.6 is 0 Å². The molecule has 1 aromatic heterocycles. The summed E-state index contributed by atoms with van der Waals surface area (Å²) >= 11 is 0. The van der Waals surface area contributed by atoms with E-state index in [9.17, 15) is 9.59 Å². The zero-order chi connectivity index (χ0) is 21.1. The maximum absolute atomic E-state index is 13.0. The van der Waals surface area contributed by atoms with E-state index in [-0.39, 0.29) is 11.8 Å². The minimum atomic E-state index is -0.412. The van der Waals surface area contributed by atoms with Gasteiger partial charge in [0.1, 0.15) is 0 Å². The van der Waals surface area contributed by atoms with Gasteiger partial charge in [0.15, 0.2) is 5.75 Å². The molecule has 0 atom stereocenters. The predicted octanol–water partition coefficient (Wildman–Crippen LogP) is 3.62. The number of H-pyrrole nitrogens is 1. The molecule has 0 saturated carbocycles. The van der Waals surface area contributed by atoms with Crippen molar-refractivity contribution >= 4 is 28.5 Å². The summed E-state index contributed by atoms with van der Waals surface area (Å²) in [4.78, 5) is 41.8. The van der Waals surface area contributed by atoms with Crippen molar-refractivity contribution in [2.75, 3.05) is 31.1 Å². The third kappa shape index (κ3) is 4.10. The van der Waals surface area contributed by atoms with Crippen molar-refractivity contribution in [2.24, 2.45) is 5.92 Å². The molecule has 0 aliphatic carbocycles. The number of amides is 1. The van der Waals surface area contributed by atoms with Gasteiger partial charge in [-0.1, -0.05) is 38.1 Å². The molecule has 1 saturated heterocycles. The number of aromatic amines is 1. The van der Waals surface area contributed by atoms with Crippen LogP contribution in [0.4, 0.5) is 5.69 Å². The van der Waals surface area contributed by atoms with Crippen LogP contribution in [0.3, 0.4) is 0 Å². The largest absolute Gasteiger partial charge is 0.368 e. The molecule has 2 aromatic carbocycles. The second-order valence-electron chi connectivity index (χ2n) is 7.66. The van der Waals surface area contributed by atoms with Crippen LogP contribution in [-0.4, -0.2) is 47.9 Å². The Morgan fingerprint density at radius 3 is 2.53 bits per heavy atom. The summed E-state index contributed by atoms with van der Waals surface area (Å²) in [6, 6.07) is 15.3. The van der Waals surface area contributed by atoms with Crippen LogP contribution in [0.5, 0.6) is 5.75 Å². The van der Waals surface area contributed by atoms with Gasteiger partial charge in [0.2, 0.25) is 0 Å². The van der Waals surface area contributed by atoms with Crippen molar-refractivity contribution in [3.63, 3.8) is 0 Å². The zero-order valence-corrected chi connectivity index (χ0v) is 17.1. The Morgan fingerprint density at radius 2 is 1.77 bits per heavy atom. The normalized spacial score (nSPS) is 14.2. The molecular weight excluding hydrogens is 382 g/mol. The van der Waals surface area contributed by atoms with Gasteiger partial charge in [0.05, 0.1) is 11.5 Å². The Labute approximate surface area is 175 Å². The van der Waals surface area contributed by atoms with Gasteiger partial charge >= 0.3 is 5.97 Å². The number of fused-ring (bicyclic) bond motifs is 1. The number of hydrogen-bond acceptors (Lipinski definition) is 5. The molecule has 4 rings (SSSR count). The molecule has 156 valence electrons. The Balaban J connectivity index is 1.38. The van der Waals surface area contributed by atoms with Gasteiger partial charge in [-0.25, -0.2) is 4.79 Å². The van der Waals surface area contributed by atoms with Gasteiger partial charge in [-0.15, -0.1) is 0 Å². The minimum Gasteiger partial charge on any atom is -0.368 e. The minimum absolute atomic E-state index is 0.0461. The third-order valence-corrected chi connectivity index (χ3v) is 5.26. The first-order valence-corrected chi connectivity index (χ1v) is 10.1. The fourth-order valence-corrected chi connectivity index (χ4v) is 3.50. The van der Waals surface area contributed by atoms with Crippen molar-refractivity contribution < 1.29 is 19.4 Å². The molecule has 1 fully saturated rings. The van der Waals surface area contributed by atoms with E-state index >= 15 is 0 Å². The van der Waals surface area contributed by atoms with Gasteiger partial charge < -0.3 is 14.8 Å². The molecular formula is C23H25N3O4. The lowest BCUT2D eigenvalue weighted by Gasteiger charge is -2.36. The van der Waals surface area contributed by atoms with Crippen molar-refractivity contribution in [1.82, 2.24) is 9.88 Å². The molecule has 7 heteroatoms. The molecule has 1 amide bonds. The average molecular weight is 407 g/mol. The smallest absolute Gasteiger partial charge is 0.357 e. The summed E-state index contributed by atoms with van der Waals surface area (Å²) in [6.45, 7) is 6.18. The topological polar surface area (TPSA) is 74.9 Å². The maximum Gasteiger partial charge on any atom is 0.357 e. The molecule has 0 unspecified atom stereocenters. The number of benzene rings is 2. The van der Waals surface area contributed by atoms with E-state index in [1.165, 1.54) is 0 Å². The zero-order valence-electron chi connectivity index (χ0n) is 17.1. The number of rotatable bonds is 5. The van der Waals surface area contributed by atoms with Gasteiger partial charge in [-0.2, -0.15) is 0 Å². The number of aromatic nitrogens is 1. The van der Waals surface area contributed by atoms with E-state index < -0.39 is 5.97 Å². The first-order valence-electron chi connectivity index (χ1n) is 10.1. The number of nitrogens with one attached hydrogen (secondary N) is 1. The highest BCUT2D eigenvalue weighted by molar-refractivity contribution is 6.06. The van der Waals surface area contributed by atoms with Gasteiger partial charge in [0, 0.05) is 55.0 Å². The number of carbonyl (C=O) groups excluding carboxylic acids is 2. The van der Waals surface area contributed by atoms with Crippen molar-refractivity contribution in [3.8, 4) is 5.75 Å². The summed E-state index contributed by atoms with van der Waals surface area (Å²) in [5.41, 5.74) is 2.64. The quantitative estimate of drug-likeness (QED) is 0.516. The molecule has 1 aliphatic heterocycles. The predicted molar refractivity (Wildman–Crippen MR) is 114 cm³/mol. The monoisotopic (exact) mass is 407 g/mol. The number of hydrogen-bond donors (Lipinski definition) is 1. The lowest BCUT2D eigenvalue weighted by molar-refractivity contribution is -0.217. The Kier molecular flexibility index (Phi) is 5.61. The number of nitrogens with zero attached hydrogens (tertiary/aromatic N) is 2. The van der Waals surface area contributed by atoms with Crippen LogP contribution in [0.15, 0.2) is 54.7 Å². The van der Waals surface area contributed by atoms with Crippen molar-refractivity contribution in [1.29, 1.82) is 0 Å². The first-order chi connectivity index (χ1) is 14.5. The van der Waals surface area contributed by atoms with Crippen molar-refractivity contribution in [3.05, 3.63) is 60.3 Å². The highest BCUT2D eigenvalue weighted by Gasteiger charge is 2.24. The molecule has 3 aromatic rings. The SMILES string of the molecule is CC(C)C(=O)OOc1cccc(N2CCN(C(=O)c3c[nH]c4ccccc34)CC2)c1. The van der Waals surface area contributed by atoms with E-state index in [2.05, 4.69) is 9.88 Å². The molecule has 7 nitrogen and oxygen atoms in total. The molecule has 1 N–H and O–H groups in total. The van der Waals surface area contributed by atoms with E-state index in [0.717, 1.165) is 16.6 Å². The second-order valence-corrected chi connectivity index (χ2v) is 7.66. The molecule has 0 bridgehead atoms. The van der Waals surface area contributed by atoms with Crippen LogP contribution in [0.25, 0.3) is 10.9 Å². The molecule has 2 heterocycles. The van der Waals surface area contributed by atoms with Crippen LogP contribution in [0, 0.1) is 5.92 Å². The summed E-state index contributed by atoms with van der Waals surface area (Å²) in [7, 11) is 0. The average Bonchev–Trinajstić information content (AvgIpc) is 3.21. The highest BCUT2D eigenvalue weighted by atomic mass is 17.2. The number of anilines is 1. The van der Waals surface area contributed by atoms with E-state index in [1.807, 2.05) is 47.4 Å². The van der Waals surface area contributed by atoms with E-state index in [4.69, 9.17) is 9.78 Å². The van der Waals surface area contributed by atoms with Crippen LogP contribution in [0.1, 0.15) is 24.2 Å². The first kappa shape index (κ1) is 19.8. The van der Waals surface area contributed by atoms with Crippen LogP contribution < -0.4 is 9.79 Å². The van der Waals surface area contributed by atoms with Crippen molar-refractivity contribution in [2.45, 2.75) is 13.8 Å². The summed E-state index contributed by atoms with van der Waals surface area (Å²) in [5.74, 6) is -0.149. The Morgan fingerprint density at radius 1 is 1.00 bits per heavy atom. The van der Waals surface area contributed by atoms with E-state index in [0.29, 0.717) is 37.5 Å². The fourth-order valence-electron chi connectivity index (χ4n) is 3.50. The maximum atomic E-state index is 13.0. The number of para-hydroxylation sites is 1. The standard InChI is InChI=1S/C23H25N3O4/c1-16(2)23(28)30-29-18-7-5-6-17(14-18)25-10-12-26(13-11-25)22(27)20-15-24-21-9-4-3-8-19(20)21/h3-9,14-16,24H,10-13H2,1-2H3. The van der Waals surface area contributed by atoms with Crippen LogP contribution in [-0.2, 0) is 9.68 Å². The summed E-state index contributed by atoms with van der Waals surface area (Å²) in [6.07, 6.45) is 1.79. The molecule has 0 radical (unpaired) electrons. The lowest BCUT2D eigenvalue weighted by Crippen LogP contribution is -2.48. The lowest BCUT2D eigenvalue weighted by atomic mass is 10.1. The molecule has 0 spiro atoms. The molecule has 30 heavy (non-hydrogen) atoms. The van der Waals surface area contributed by atoms with Gasteiger partial charge in [-0.3, -0.25) is 14.6 Å². The number of carbonyl (C=O) groups is 2. The van der Waals surface area contributed by atoms with Gasteiger partial charge in [0.25, 0.3) is 5.91 Å². The molecule has 1 aliphatic rings. The fraction of sp³-hybridized carbons (Fsp3) is 0.304.